The van der Waals surface area contributed by atoms with Crippen LogP contribution in [0.4, 0.5) is 4.79 Å². The SMILES string of the molecule is CC(C)(C=C(C#N)C(=O)N1CCCC[C@@H](OC(=O)N[C@@H](Cc2ccccc2)B(O)O)C1)N1CCOC2(CC2)C1. The van der Waals surface area contributed by atoms with Gasteiger partial charge in [-0.1, -0.05) is 30.3 Å². The molecule has 2 amide bonds. The second-order valence-corrected chi connectivity index (χ2v) is 11.4. The lowest BCUT2D eigenvalue weighted by molar-refractivity contribution is -0.128. The van der Waals surface area contributed by atoms with Gasteiger partial charge in [-0.05, 0) is 64.0 Å². The number of nitrogens with zero attached hydrogens (tertiary/aromatic N) is 3. The van der Waals surface area contributed by atoms with E-state index in [9.17, 15) is 24.9 Å². The number of alkyl carbamates (subject to hydrolysis) is 1. The van der Waals surface area contributed by atoms with E-state index in [1.807, 2.05) is 44.2 Å². The number of ether oxygens (including phenoxy) is 2. The van der Waals surface area contributed by atoms with Crippen LogP contribution < -0.4 is 5.32 Å². The lowest BCUT2D eigenvalue weighted by Gasteiger charge is -2.42. The second kappa shape index (κ2) is 12.5. The van der Waals surface area contributed by atoms with E-state index in [1.165, 1.54) is 0 Å². The summed E-state index contributed by atoms with van der Waals surface area (Å²) in [5.74, 6) is -1.32. The molecule has 2 saturated heterocycles. The van der Waals surface area contributed by atoms with E-state index >= 15 is 0 Å². The summed E-state index contributed by atoms with van der Waals surface area (Å²) in [5.41, 5.74) is 0.348. The van der Waals surface area contributed by atoms with Crippen molar-refractivity contribution in [3.8, 4) is 6.07 Å². The quantitative estimate of drug-likeness (QED) is 0.259. The van der Waals surface area contributed by atoms with E-state index in [0.717, 1.165) is 44.3 Å². The Morgan fingerprint density at radius 3 is 2.69 bits per heavy atom. The Labute approximate surface area is 230 Å². The third-order valence-corrected chi connectivity index (χ3v) is 7.87. The molecule has 2 heterocycles. The summed E-state index contributed by atoms with van der Waals surface area (Å²) in [5, 5.41) is 32.0. The van der Waals surface area contributed by atoms with E-state index < -0.39 is 30.8 Å². The van der Waals surface area contributed by atoms with Gasteiger partial charge >= 0.3 is 13.2 Å². The largest absolute Gasteiger partial charge is 0.475 e. The van der Waals surface area contributed by atoms with Crippen molar-refractivity contribution in [2.24, 2.45) is 0 Å². The van der Waals surface area contributed by atoms with Crippen molar-refractivity contribution in [1.82, 2.24) is 15.1 Å². The number of likely N-dealkylation sites (tertiary alicyclic amines) is 1. The molecule has 1 aromatic rings. The van der Waals surface area contributed by atoms with Crippen LogP contribution in [0.2, 0.25) is 0 Å². The molecule has 0 unspecified atom stereocenters. The lowest BCUT2D eigenvalue weighted by atomic mass is 9.76. The summed E-state index contributed by atoms with van der Waals surface area (Å²) >= 11 is 0. The molecule has 0 bridgehead atoms. The van der Waals surface area contributed by atoms with Crippen molar-refractivity contribution in [3.05, 3.63) is 47.5 Å². The number of hydrogen-bond donors (Lipinski definition) is 3. The first kappa shape index (κ1) is 29.1. The third kappa shape index (κ3) is 7.82. The van der Waals surface area contributed by atoms with Crippen LogP contribution in [0, 0.1) is 11.3 Å². The van der Waals surface area contributed by atoms with Crippen molar-refractivity contribution in [2.45, 2.75) is 75.6 Å². The highest BCUT2D eigenvalue weighted by molar-refractivity contribution is 6.43. The summed E-state index contributed by atoms with van der Waals surface area (Å²) in [6.07, 6.45) is 4.75. The zero-order valence-electron chi connectivity index (χ0n) is 22.8. The van der Waals surface area contributed by atoms with Gasteiger partial charge in [0, 0.05) is 25.2 Å². The van der Waals surface area contributed by atoms with Gasteiger partial charge in [-0.2, -0.15) is 5.26 Å². The number of carbonyl (C=O) groups excluding carboxylic acids is 2. The van der Waals surface area contributed by atoms with Gasteiger partial charge in [0.2, 0.25) is 0 Å². The first-order chi connectivity index (χ1) is 18.6. The zero-order chi connectivity index (χ0) is 28.0. The maximum atomic E-state index is 13.5. The monoisotopic (exact) mass is 538 g/mol. The summed E-state index contributed by atoms with van der Waals surface area (Å²) in [7, 11) is -1.77. The van der Waals surface area contributed by atoms with Crippen molar-refractivity contribution in [3.63, 3.8) is 0 Å². The fourth-order valence-electron chi connectivity index (χ4n) is 5.35. The van der Waals surface area contributed by atoms with Crippen LogP contribution in [-0.4, -0.2) is 94.9 Å². The number of rotatable bonds is 8. The number of morpholine rings is 1. The van der Waals surface area contributed by atoms with Crippen LogP contribution in [0.25, 0.3) is 0 Å². The Hall–Kier alpha value is -2.91. The average Bonchev–Trinajstić information content (AvgIpc) is 3.70. The van der Waals surface area contributed by atoms with Crippen molar-refractivity contribution in [2.75, 3.05) is 32.8 Å². The summed E-state index contributed by atoms with van der Waals surface area (Å²) in [4.78, 5) is 30.0. The van der Waals surface area contributed by atoms with Gasteiger partial charge in [0.15, 0.2) is 0 Å². The van der Waals surface area contributed by atoms with E-state index in [-0.39, 0.29) is 30.0 Å². The predicted molar refractivity (Wildman–Crippen MR) is 145 cm³/mol. The Morgan fingerprint density at radius 1 is 1.28 bits per heavy atom. The fraction of sp³-hybridized carbons (Fsp3) is 0.607. The Morgan fingerprint density at radius 2 is 2.03 bits per heavy atom. The molecule has 11 heteroatoms. The third-order valence-electron chi connectivity index (χ3n) is 7.87. The second-order valence-electron chi connectivity index (χ2n) is 11.4. The Kier molecular flexibility index (Phi) is 9.33. The topological polar surface area (TPSA) is 135 Å². The molecule has 1 spiro atoms. The molecule has 3 aliphatic rings. The molecule has 1 aliphatic carbocycles. The zero-order valence-corrected chi connectivity index (χ0v) is 22.8. The molecule has 39 heavy (non-hydrogen) atoms. The van der Waals surface area contributed by atoms with Crippen LogP contribution >= 0.6 is 0 Å². The van der Waals surface area contributed by atoms with E-state index in [2.05, 4.69) is 16.3 Å². The highest BCUT2D eigenvalue weighted by Gasteiger charge is 2.49. The highest BCUT2D eigenvalue weighted by atomic mass is 16.6. The standard InChI is InChI=1S/C28H39BN4O6/c1-27(2,33-14-15-38-28(20-33)11-12-28)17-22(18-30)25(34)32-13-7-6-10-23(19-32)39-26(35)31-24(29(36)37)16-21-8-4-3-5-9-21/h3-5,8-9,17,23-24,36-37H,6-7,10-16,19-20H2,1-2H3,(H,31,35)/t23-,24+/m1/s1. The maximum absolute atomic E-state index is 13.5. The van der Waals surface area contributed by atoms with Crippen molar-refractivity contribution >= 4 is 19.1 Å². The highest BCUT2D eigenvalue weighted by Crippen LogP contribution is 2.43. The Balaban J connectivity index is 1.37. The van der Waals surface area contributed by atoms with Gasteiger partial charge in [0.25, 0.3) is 5.91 Å². The van der Waals surface area contributed by atoms with Crippen LogP contribution in [0.5, 0.6) is 0 Å². The number of carbonyl (C=O) groups is 2. The molecule has 0 aromatic heterocycles. The number of nitriles is 1. The molecule has 2 aliphatic heterocycles. The minimum atomic E-state index is -1.77. The van der Waals surface area contributed by atoms with Gasteiger partial charge in [-0.3, -0.25) is 9.69 Å². The fourth-order valence-corrected chi connectivity index (χ4v) is 5.35. The van der Waals surface area contributed by atoms with Gasteiger partial charge in [-0.15, -0.1) is 0 Å². The molecule has 3 fully saturated rings. The van der Waals surface area contributed by atoms with Crippen molar-refractivity contribution in [1.29, 1.82) is 5.26 Å². The van der Waals surface area contributed by atoms with Gasteiger partial charge in [-0.25, -0.2) is 4.79 Å². The molecule has 1 saturated carbocycles. The number of nitrogens with one attached hydrogen (secondary N) is 1. The van der Waals surface area contributed by atoms with Crippen LogP contribution in [0.15, 0.2) is 42.0 Å². The Bertz CT molecular complexity index is 1090. The first-order valence-corrected chi connectivity index (χ1v) is 13.8. The minimum absolute atomic E-state index is 0.0672. The summed E-state index contributed by atoms with van der Waals surface area (Å²) < 4.78 is 11.5. The van der Waals surface area contributed by atoms with E-state index in [1.54, 1.807) is 11.0 Å². The minimum Gasteiger partial charge on any atom is -0.444 e. The van der Waals surface area contributed by atoms with E-state index in [0.29, 0.717) is 19.6 Å². The number of benzene rings is 1. The smallest absolute Gasteiger partial charge is 0.444 e. The average molecular weight is 538 g/mol. The number of hydrogen-bond acceptors (Lipinski definition) is 8. The summed E-state index contributed by atoms with van der Waals surface area (Å²) in [6, 6.07) is 11.3. The van der Waals surface area contributed by atoms with Gasteiger partial charge in [0.05, 0.1) is 24.7 Å². The molecule has 1 aromatic carbocycles. The maximum Gasteiger partial charge on any atom is 0.475 e. The first-order valence-electron chi connectivity index (χ1n) is 13.8. The molecule has 10 nitrogen and oxygen atoms in total. The molecule has 4 rings (SSSR count). The normalized spacial score (nSPS) is 22.4. The van der Waals surface area contributed by atoms with Gasteiger partial charge < -0.3 is 29.7 Å². The molecule has 2 atom stereocenters. The molecule has 3 N–H and O–H groups in total. The summed E-state index contributed by atoms with van der Waals surface area (Å²) in [6.45, 7) is 6.81. The number of amides is 2. The predicted octanol–water partition coefficient (Wildman–Crippen LogP) is 1.81. The molecule has 210 valence electrons. The van der Waals surface area contributed by atoms with Crippen molar-refractivity contribution < 1.29 is 29.1 Å². The molecular weight excluding hydrogens is 499 g/mol. The van der Waals surface area contributed by atoms with E-state index in [4.69, 9.17) is 9.47 Å². The molecule has 0 radical (unpaired) electrons. The van der Waals surface area contributed by atoms with Crippen LogP contribution in [0.1, 0.15) is 51.5 Å². The molecular formula is C28H39BN4O6. The lowest BCUT2D eigenvalue weighted by Crippen LogP contribution is -2.53. The van der Waals surface area contributed by atoms with Crippen LogP contribution in [0.3, 0.4) is 0 Å². The van der Waals surface area contributed by atoms with Crippen LogP contribution in [-0.2, 0) is 20.7 Å². The van der Waals surface area contributed by atoms with Gasteiger partial charge in [0.1, 0.15) is 17.7 Å².